The average Bonchev–Trinajstić information content (AvgIpc) is 2.82. The minimum Gasteiger partial charge on any atom is -0.494 e. The first kappa shape index (κ1) is 13.4. The summed E-state index contributed by atoms with van der Waals surface area (Å²) in [6, 6.07) is 14.0. The third-order valence-corrected chi connectivity index (χ3v) is 3.48. The summed E-state index contributed by atoms with van der Waals surface area (Å²) in [5, 5.41) is 0. The first-order valence-corrected chi connectivity index (χ1v) is 6.79. The van der Waals surface area contributed by atoms with Gasteiger partial charge in [0.2, 0.25) is 0 Å². The van der Waals surface area contributed by atoms with Crippen LogP contribution in [0.15, 0.2) is 47.5 Å². The van der Waals surface area contributed by atoms with Crippen LogP contribution in [-0.2, 0) is 7.05 Å². The van der Waals surface area contributed by atoms with Gasteiger partial charge in [0.25, 0.3) is 0 Å². The molecule has 2 aromatic carbocycles. The molecule has 0 radical (unpaired) electrons. The molecular formula is C17H17N3O. The molecule has 1 heterocycles. The fourth-order valence-corrected chi connectivity index (χ4v) is 2.31. The molecule has 3 aromatic rings. The molecule has 0 unspecified atom stereocenters. The predicted octanol–water partition coefficient (Wildman–Crippen LogP) is 3.64. The van der Waals surface area contributed by atoms with Crippen LogP contribution in [0.4, 0.5) is 5.69 Å². The number of aromatic nitrogens is 2. The van der Waals surface area contributed by atoms with E-state index in [0.29, 0.717) is 0 Å². The van der Waals surface area contributed by atoms with Crippen LogP contribution in [0.3, 0.4) is 0 Å². The lowest BCUT2D eigenvalue weighted by molar-refractivity contribution is 0.416. The van der Waals surface area contributed by atoms with Gasteiger partial charge in [0.15, 0.2) is 5.82 Å². The zero-order valence-electron chi connectivity index (χ0n) is 12.4. The molecule has 0 spiro atoms. The molecule has 4 nitrogen and oxygen atoms in total. The van der Waals surface area contributed by atoms with E-state index in [1.807, 2.05) is 61.0 Å². The van der Waals surface area contributed by atoms with Gasteiger partial charge in [0.1, 0.15) is 11.4 Å². The maximum absolute atomic E-state index is 5.34. The Hall–Kier alpha value is -2.62. The van der Waals surface area contributed by atoms with E-state index in [-0.39, 0.29) is 0 Å². The van der Waals surface area contributed by atoms with Gasteiger partial charge in [-0.1, -0.05) is 18.2 Å². The van der Waals surface area contributed by atoms with Gasteiger partial charge in [-0.15, -0.1) is 0 Å². The van der Waals surface area contributed by atoms with Gasteiger partial charge in [-0.25, -0.2) is 9.98 Å². The summed E-state index contributed by atoms with van der Waals surface area (Å²) >= 11 is 0. The maximum Gasteiger partial charge on any atom is 0.152 e. The largest absolute Gasteiger partial charge is 0.494 e. The van der Waals surface area contributed by atoms with Crippen molar-refractivity contribution in [2.45, 2.75) is 6.92 Å². The Morgan fingerprint density at radius 2 is 2.00 bits per heavy atom. The first-order chi connectivity index (χ1) is 10.2. The molecule has 0 fully saturated rings. The Kier molecular flexibility index (Phi) is 3.44. The molecular weight excluding hydrogens is 262 g/mol. The number of aryl methyl sites for hydroxylation is 2. The lowest BCUT2D eigenvalue weighted by Crippen LogP contribution is -1.96. The molecule has 0 aliphatic heterocycles. The number of ether oxygens (including phenoxy) is 1. The van der Waals surface area contributed by atoms with Crippen molar-refractivity contribution in [3.05, 3.63) is 53.9 Å². The zero-order chi connectivity index (χ0) is 14.8. The molecule has 1 aromatic heterocycles. The number of hydrogen-bond donors (Lipinski definition) is 0. The Labute approximate surface area is 123 Å². The summed E-state index contributed by atoms with van der Waals surface area (Å²) in [5.74, 6) is 1.58. The van der Waals surface area contributed by atoms with Gasteiger partial charge in [0, 0.05) is 7.05 Å². The number of rotatable bonds is 3. The molecule has 0 aliphatic rings. The molecule has 0 atom stereocenters. The SMILES string of the molecule is COc1ccc(C)cc1N=Cc1nc2ccccc2n1C. The van der Waals surface area contributed by atoms with Crippen molar-refractivity contribution in [3.8, 4) is 5.75 Å². The molecule has 4 heteroatoms. The molecule has 3 rings (SSSR count). The van der Waals surface area contributed by atoms with Crippen molar-refractivity contribution in [1.82, 2.24) is 9.55 Å². The van der Waals surface area contributed by atoms with Crippen molar-refractivity contribution in [2.24, 2.45) is 12.0 Å². The van der Waals surface area contributed by atoms with E-state index in [4.69, 9.17) is 4.74 Å². The quantitative estimate of drug-likeness (QED) is 0.687. The molecule has 106 valence electrons. The van der Waals surface area contributed by atoms with Gasteiger partial charge in [0.05, 0.1) is 24.4 Å². The maximum atomic E-state index is 5.34. The fraction of sp³-hybridized carbons (Fsp3) is 0.176. The van der Waals surface area contributed by atoms with Gasteiger partial charge in [-0.05, 0) is 36.8 Å². The molecule has 0 amide bonds. The number of imidazole rings is 1. The Morgan fingerprint density at radius 3 is 2.76 bits per heavy atom. The summed E-state index contributed by atoms with van der Waals surface area (Å²) < 4.78 is 7.37. The third-order valence-electron chi connectivity index (χ3n) is 3.48. The van der Waals surface area contributed by atoms with E-state index in [0.717, 1.165) is 33.9 Å². The van der Waals surface area contributed by atoms with Crippen LogP contribution in [0.25, 0.3) is 11.0 Å². The number of aliphatic imine (C=N–C) groups is 1. The van der Waals surface area contributed by atoms with E-state index >= 15 is 0 Å². The highest BCUT2D eigenvalue weighted by molar-refractivity contribution is 5.86. The summed E-state index contributed by atoms with van der Waals surface area (Å²) in [6.07, 6.45) is 1.78. The van der Waals surface area contributed by atoms with Crippen molar-refractivity contribution in [3.63, 3.8) is 0 Å². The summed E-state index contributed by atoms with van der Waals surface area (Å²) in [4.78, 5) is 9.11. The second-order valence-electron chi connectivity index (χ2n) is 4.95. The normalized spacial score (nSPS) is 11.4. The number of methoxy groups -OCH3 is 1. The van der Waals surface area contributed by atoms with E-state index in [2.05, 4.69) is 9.98 Å². The van der Waals surface area contributed by atoms with Crippen molar-refractivity contribution < 1.29 is 4.74 Å². The van der Waals surface area contributed by atoms with Gasteiger partial charge in [-0.2, -0.15) is 0 Å². The van der Waals surface area contributed by atoms with Crippen LogP contribution in [0, 0.1) is 6.92 Å². The van der Waals surface area contributed by atoms with Gasteiger partial charge < -0.3 is 9.30 Å². The van der Waals surface area contributed by atoms with Crippen LogP contribution >= 0.6 is 0 Å². The average molecular weight is 279 g/mol. The number of para-hydroxylation sites is 2. The number of hydrogen-bond acceptors (Lipinski definition) is 3. The molecule has 0 bridgehead atoms. The topological polar surface area (TPSA) is 39.4 Å². The lowest BCUT2D eigenvalue weighted by atomic mass is 10.2. The predicted molar refractivity (Wildman–Crippen MR) is 85.7 cm³/mol. The third kappa shape index (κ3) is 2.52. The minimum atomic E-state index is 0.760. The minimum absolute atomic E-state index is 0.760. The number of nitrogens with zero attached hydrogens (tertiary/aromatic N) is 3. The van der Waals surface area contributed by atoms with Crippen LogP contribution in [0.1, 0.15) is 11.4 Å². The van der Waals surface area contributed by atoms with Crippen LogP contribution in [0.5, 0.6) is 5.75 Å². The van der Waals surface area contributed by atoms with E-state index in [1.165, 1.54) is 0 Å². The van der Waals surface area contributed by atoms with E-state index < -0.39 is 0 Å². The zero-order valence-corrected chi connectivity index (χ0v) is 12.4. The number of benzene rings is 2. The standard InChI is InChI=1S/C17H17N3O/c1-12-8-9-16(21-3)14(10-12)18-11-17-19-13-6-4-5-7-15(13)20(17)2/h4-11H,1-3H3. The molecule has 0 saturated carbocycles. The highest BCUT2D eigenvalue weighted by Gasteiger charge is 2.05. The lowest BCUT2D eigenvalue weighted by Gasteiger charge is -2.04. The van der Waals surface area contributed by atoms with Crippen LogP contribution < -0.4 is 4.74 Å². The summed E-state index contributed by atoms with van der Waals surface area (Å²) in [5.41, 5.74) is 4.02. The van der Waals surface area contributed by atoms with Crippen molar-refractivity contribution in [1.29, 1.82) is 0 Å². The summed E-state index contributed by atoms with van der Waals surface area (Å²) in [6.45, 7) is 2.04. The monoisotopic (exact) mass is 279 g/mol. The van der Waals surface area contributed by atoms with Crippen molar-refractivity contribution >= 4 is 22.9 Å². The Morgan fingerprint density at radius 1 is 1.19 bits per heavy atom. The van der Waals surface area contributed by atoms with Gasteiger partial charge in [-0.3, -0.25) is 0 Å². The summed E-state index contributed by atoms with van der Waals surface area (Å²) in [7, 11) is 3.64. The highest BCUT2D eigenvalue weighted by atomic mass is 16.5. The molecule has 0 saturated heterocycles. The second-order valence-corrected chi connectivity index (χ2v) is 4.95. The Bertz CT molecular complexity index is 818. The van der Waals surface area contributed by atoms with E-state index in [9.17, 15) is 0 Å². The first-order valence-electron chi connectivity index (χ1n) is 6.79. The van der Waals surface area contributed by atoms with Gasteiger partial charge >= 0.3 is 0 Å². The smallest absolute Gasteiger partial charge is 0.152 e. The van der Waals surface area contributed by atoms with Crippen molar-refractivity contribution in [2.75, 3.05) is 7.11 Å². The van der Waals surface area contributed by atoms with Crippen LogP contribution in [-0.4, -0.2) is 22.9 Å². The molecule has 21 heavy (non-hydrogen) atoms. The Balaban J connectivity index is 2.02. The second kappa shape index (κ2) is 5.40. The number of fused-ring (bicyclic) bond motifs is 1. The van der Waals surface area contributed by atoms with E-state index in [1.54, 1.807) is 13.3 Å². The van der Waals surface area contributed by atoms with Crippen LogP contribution in [0.2, 0.25) is 0 Å². The highest BCUT2D eigenvalue weighted by Crippen LogP contribution is 2.28. The molecule has 0 aliphatic carbocycles. The fourth-order valence-electron chi connectivity index (χ4n) is 2.31. The molecule has 0 N–H and O–H groups in total.